The van der Waals surface area contributed by atoms with Crippen molar-refractivity contribution >= 4 is 44.8 Å². The summed E-state index contributed by atoms with van der Waals surface area (Å²) in [6.45, 7) is 3.84. The fourth-order valence-electron chi connectivity index (χ4n) is 2.36. The van der Waals surface area contributed by atoms with Crippen molar-refractivity contribution in [2.24, 2.45) is 0 Å². The molecule has 0 aliphatic heterocycles. The SMILES string of the molecule is CC[C@H](C)NC(=O)c1ccccc1NC(=O)c1cc(NS(C)(=O)=O)ccc1Cl. The summed E-state index contributed by atoms with van der Waals surface area (Å²) in [5, 5.41) is 5.67. The molecule has 0 aliphatic carbocycles. The van der Waals surface area contributed by atoms with Crippen molar-refractivity contribution in [3.63, 3.8) is 0 Å². The lowest BCUT2D eigenvalue weighted by Gasteiger charge is -2.15. The van der Waals surface area contributed by atoms with E-state index in [1.807, 2.05) is 13.8 Å². The number of rotatable bonds is 7. The number of para-hydroxylation sites is 1. The molecule has 7 nitrogen and oxygen atoms in total. The summed E-state index contributed by atoms with van der Waals surface area (Å²) in [5.41, 5.74) is 0.927. The van der Waals surface area contributed by atoms with Crippen molar-refractivity contribution in [3.05, 3.63) is 58.6 Å². The monoisotopic (exact) mass is 423 g/mol. The topological polar surface area (TPSA) is 104 Å². The molecule has 0 saturated heterocycles. The van der Waals surface area contributed by atoms with Crippen LogP contribution in [-0.2, 0) is 10.0 Å². The number of amides is 2. The van der Waals surface area contributed by atoms with Crippen LogP contribution in [0.1, 0.15) is 41.0 Å². The Labute approximate surface area is 169 Å². The van der Waals surface area contributed by atoms with E-state index in [-0.39, 0.29) is 28.2 Å². The standard InChI is InChI=1S/C19H22ClN3O4S/c1-4-12(2)21-18(24)14-7-5-6-8-17(14)22-19(25)15-11-13(9-10-16(15)20)23-28(3,26)27/h5-12,23H,4H2,1-3H3,(H,21,24)(H,22,25)/t12-/m0/s1. The molecule has 0 fully saturated rings. The quantitative estimate of drug-likeness (QED) is 0.633. The van der Waals surface area contributed by atoms with E-state index in [0.29, 0.717) is 11.3 Å². The molecule has 2 rings (SSSR count). The summed E-state index contributed by atoms with van der Waals surface area (Å²) in [6, 6.07) is 10.8. The molecule has 0 unspecified atom stereocenters. The second-order valence-electron chi connectivity index (χ2n) is 6.35. The highest BCUT2D eigenvalue weighted by atomic mass is 35.5. The molecule has 0 spiro atoms. The van der Waals surface area contributed by atoms with Crippen molar-refractivity contribution < 1.29 is 18.0 Å². The van der Waals surface area contributed by atoms with Gasteiger partial charge in [0.2, 0.25) is 10.0 Å². The first-order chi connectivity index (χ1) is 13.1. The van der Waals surface area contributed by atoms with Crippen molar-refractivity contribution in [3.8, 4) is 0 Å². The lowest BCUT2D eigenvalue weighted by molar-refractivity contribution is 0.0940. The normalized spacial score (nSPS) is 12.1. The number of anilines is 2. The lowest BCUT2D eigenvalue weighted by Crippen LogP contribution is -2.32. The van der Waals surface area contributed by atoms with Gasteiger partial charge in [-0.3, -0.25) is 14.3 Å². The third kappa shape index (κ3) is 5.97. The van der Waals surface area contributed by atoms with Gasteiger partial charge in [0, 0.05) is 11.7 Å². The molecule has 28 heavy (non-hydrogen) atoms. The van der Waals surface area contributed by atoms with Crippen LogP contribution in [-0.4, -0.2) is 32.5 Å². The van der Waals surface area contributed by atoms with Gasteiger partial charge in [0.15, 0.2) is 0 Å². The molecule has 0 aliphatic rings. The minimum Gasteiger partial charge on any atom is -0.350 e. The van der Waals surface area contributed by atoms with Gasteiger partial charge in [-0.25, -0.2) is 8.42 Å². The zero-order valence-corrected chi connectivity index (χ0v) is 17.3. The first-order valence-corrected chi connectivity index (χ1v) is 10.9. The largest absolute Gasteiger partial charge is 0.350 e. The second-order valence-corrected chi connectivity index (χ2v) is 8.51. The Hall–Kier alpha value is -2.58. The molecule has 0 bridgehead atoms. The number of sulfonamides is 1. The minimum absolute atomic E-state index is 0.00977. The number of halogens is 1. The van der Waals surface area contributed by atoms with Crippen LogP contribution < -0.4 is 15.4 Å². The van der Waals surface area contributed by atoms with Crippen LogP contribution in [0.5, 0.6) is 0 Å². The Morgan fingerprint density at radius 2 is 1.75 bits per heavy atom. The van der Waals surface area contributed by atoms with Gasteiger partial charge in [0.05, 0.1) is 28.1 Å². The fraction of sp³-hybridized carbons (Fsp3) is 0.263. The van der Waals surface area contributed by atoms with E-state index in [4.69, 9.17) is 11.6 Å². The Bertz CT molecular complexity index is 992. The molecule has 0 heterocycles. The fourth-order valence-corrected chi connectivity index (χ4v) is 3.12. The maximum atomic E-state index is 12.7. The maximum Gasteiger partial charge on any atom is 0.257 e. The third-order valence-electron chi connectivity index (χ3n) is 3.92. The molecule has 0 aromatic heterocycles. The van der Waals surface area contributed by atoms with Crippen molar-refractivity contribution in [1.29, 1.82) is 0 Å². The van der Waals surface area contributed by atoms with Crippen LogP contribution in [0.15, 0.2) is 42.5 Å². The van der Waals surface area contributed by atoms with Gasteiger partial charge < -0.3 is 10.6 Å². The van der Waals surface area contributed by atoms with Gasteiger partial charge in [-0.05, 0) is 43.7 Å². The van der Waals surface area contributed by atoms with E-state index in [9.17, 15) is 18.0 Å². The van der Waals surface area contributed by atoms with Crippen LogP contribution >= 0.6 is 11.6 Å². The highest BCUT2D eigenvalue weighted by Crippen LogP contribution is 2.23. The Kier molecular flexibility index (Phi) is 7.04. The summed E-state index contributed by atoms with van der Waals surface area (Å²) >= 11 is 6.10. The Balaban J connectivity index is 2.29. The molecular formula is C19H22ClN3O4S. The third-order valence-corrected chi connectivity index (χ3v) is 4.86. The molecule has 2 amide bonds. The Morgan fingerprint density at radius 1 is 1.07 bits per heavy atom. The van der Waals surface area contributed by atoms with E-state index in [1.165, 1.54) is 18.2 Å². The van der Waals surface area contributed by atoms with Gasteiger partial charge in [-0.1, -0.05) is 30.7 Å². The highest BCUT2D eigenvalue weighted by Gasteiger charge is 2.17. The number of carbonyl (C=O) groups is 2. The van der Waals surface area contributed by atoms with Gasteiger partial charge in [-0.15, -0.1) is 0 Å². The molecular weight excluding hydrogens is 402 g/mol. The van der Waals surface area contributed by atoms with Crippen LogP contribution in [0.4, 0.5) is 11.4 Å². The average molecular weight is 424 g/mol. The van der Waals surface area contributed by atoms with Crippen LogP contribution in [0.2, 0.25) is 5.02 Å². The van der Waals surface area contributed by atoms with Gasteiger partial charge in [0.25, 0.3) is 11.8 Å². The predicted molar refractivity (Wildman–Crippen MR) is 112 cm³/mol. The van der Waals surface area contributed by atoms with Gasteiger partial charge >= 0.3 is 0 Å². The molecule has 1 atom stereocenters. The minimum atomic E-state index is -3.50. The van der Waals surface area contributed by atoms with E-state index in [1.54, 1.807) is 24.3 Å². The van der Waals surface area contributed by atoms with Gasteiger partial charge in [-0.2, -0.15) is 0 Å². The molecule has 2 aromatic rings. The molecule has 0 saturated carbocycles. The molecule has 2 aromatic carbocycles. The summed E-state index contributed by atoms with van der Waals surface area (Å²) in [5.74, 6) is -0.866. The maximum absolute atomic E-state index is 12.7. The first-order valence-electron chi connectivity index (χ1n) is 8.59. The number of nitrogens with one attached hydrogen (secondary N) is 3. The van der Waals surface area contributed by atoms with Gasteiger partial charge in [0.1, 0.15) is 0 Å². The van der Waals surface area contributed by atoms with Crippen LogP contribution in [0, 0.1) is 0 Å². The zero-order valence-electron chi connectivity index (χ0n) is 15.7. The van der Waals surface area contributed by atoms with Crippen molar-refractivity contribution in [2.45, 2.75) is 26.3 Å². The van der Waals surface area contributed by atoms with E-state index in [2.05, 4.69) is 15.4 Å². The van der Waals surface area contributed by atoms with Crippen LogP contribution in [0.3, 0.4) is 0 Å². The van der Waals surface area contributed by atoms with Crippen molar-refractivity contribution in [2.75, 3.05) is 16.3 Å². The highest BCUT2D eigenvalue weighted by molar-refractivity contribution is 7.92. The zero-order chi connectivity index (χ0) is 20.9. The first kappa shape index (κ1) is 21.7. The summed E-state index contributed by atoms with van der Waals surface area (Å²) < 4.78 is 25.1. The van der Waals surface area contributed by atoms with E-state index >= 15 is 0 Å². The van der Waals surface area contributed by atoms with E-state index in [0.717, 1.165) is 12.7 Å². The van der Waals surface area contributed by atoms with E-state index < -0.39 is 15.9 Å². The number of benzene rings is 2. The Morgan fingerprint density at radius 3 is 2.39 bits per heavy atom. The summed E-state index contributed by atoms with van der Waals surface area (Å²) in [7, 11) is -3.50. The summed E-state index contributed by atoms with van der Waals surface area (Å²) in [4.78, 5) is 25.2. The molecule has 3 N–H and O–H groups in total. The van der Waals surface area contributed by atoms with Crippen LogP contribution in [0.25, 0.3) is 0 Å². The smallest absolute Gasteiger partial charge is 0.257 e. The number of hydrogen-bond acceptors (Lipinski definition) is 4. The number of hydrogen-bond donors (Lipinski definition) is 3. The number of carbonyl (C=O) groups excluding carboxylic acids is 2. The summed E-state index contributed by atoms with van der Waals surface area (Å²) in [6.07, 6.45) is 1.78. The molecule has 9 heteroatoms. The molecule has 150 valence electrons. The second kappa shape index (κ2) is 9.07. The average Bonchev–Trinajstić information content (AvgIpc) is 2.62. The lowest BCUT2D eigenvalue weighted by atomic mass is 10.1. The molecule has 0 radical (unpaired) electrons. The predicted octanol–water partition coefficient (Wildman–Crippen LogP) is 3.49. The van der Waals surface area contributed by atoms with Crippen molar-refractivity contribution in [1.82, 2.24) is 5.32 Å².